The van der Waals surface area contributed by atoms with Crippen molar-refractivity contribution < 1.29 is 19.0 Å². The highest BCUT2D eigenvalue weighted by atomic mass is 16.5. The number of anilines is 1. The van der Waals surface area contributed by atoms with E-state index in [-0.39, 0.29) is 17.9 Å². The molecule has 0 aromatic heterocycles. The summed E-state index contributed by atoms with van der Waals surface area (Å²) in [6.07, 6.45) is 1.05. The summed E-state index contributed by atoms with van der Waals surface area (Å²) in [5.41, 5.74) is 1.96. The minimum Gasteiger partial charge on any atom is -0.490 e. The Kier molecular flexibility index (Phi) is 8.14. The summed E-state index contributed by atoms with van der Waals surface area (Å²) >= 11 is 0. The Bertz CT molecular complexity index is 984. The first-order chi connectivity index (χ1) is 15.5. The minimum atomic E-state index is -0.250. The Labute approximate surface area is 190 Å². The van der Waals surface area contributed by atoms with Gasteiger partial charge in [0.1, 0.15) is 30.5 Å². The van der Waals surface area contributed by atoms with Crippen molar-refractivity contribution >= 4 is 11.6 Å². The molecule has 0 saturated carbocycles. The summed E-state index contributed by atoms with van der Waals surface area (Å²) in [7, 11) is 0. The van der Waals surface area contributed by atoms with Gasteiger partial charge in [0, 0.05) is 0 Å². The lowest BCUT2D eigenvalue weighted by molar-refractivity contribution is -0.118. The Hall–Kier alpha value is -3.47. The van der Waals surface area contributed by atoms with Crippen molar-refractivity contribution in [3.63, 3.8) is 0 Å². The van der Waals surface area contributed by atoms with Crippen LogP contribution in [0.2, 0.25) is 0 Å². The standard InChI is InChI=1S/C27H31NO4/c1-4-27(2,3)21-14-16-23(17-15-21)32-20-26(29)28-24-12-8-9-13-25(24)31-19-18-30-22-10-6-5-7-11-22/h5-17H,4,18-20H2,1-3H3,(H,28,29). The molecule has 3 aromatic rings. The van der Waals surface area contributed by atoms with Gasteiger partial charge in [-0.3, -0.25) is 4.79 Å². The Morgan fingerprint density at radius 3 is 2.12 bits per heavy atom. The number of rotatable bonds is 11. The lowest BCUT2D eigenvalue weighted by Crippen LogP contribution is -2.21. The van der Waals surface area contributed by atoms with Crippen LogP contribution in [0.1, 0.15) is 32.8 Å². The molecule has 0 bridgehead atoms. The van der Waals surface area contributed by atoms with Crippen LogP contribution < -0.4 is 19.5 Å². The first-order valence-electron chi connectivity index (χ1n) is 10.9. The van der Waals surface area contributed by atoms with Crippen molar-refractivity contribution in [2.45, 2.75) is 32.6 Å². The van der Waals surface area contributed by atoms with E-state index < -0.39 is 0 Å². The van der Waals surface area contributed by atoms with Gasteiger partial charge in [0.05, 0.1) is 5.69 Å². The molecule has 0 aliphatic rings. The van der Waals surface area contributed by atoms with Crippen LogP contribution in [-0.2, 0) is 10.2 Å². The normalized spacial score (nSPS) is 11.0. The molecule has 168 valence electrons. The van der Waals surface area contributed by atoms with Gasteiger partial charge >= 0.3 is 0 Å². The highest BCUT2D eigenvalue weighted by Gasteiger charge is 2.17. The lowest BCUT2D eigenvalue weighted by Gasteiger charge is -2.23. The molecule has 0 aliphatic heterocycles. The van der Waals surface area contributed by atoms with E-state index in [0.717, 1.165) is 12.2 Å². The summed E-state index contributed by atoms with van der Waals surface area (Å²) < 4.78 is 17.1. The smallest absolute Gasteiger partial charge is 0.262 e. The van der Waals surface area contributed by atoms with Crippen LogP contribution in [0.4, 0.5) is 5.69 Å². The maximum atomic E-state index is 12.4. The fraction of sp³-hybridized carbons (Fsp3) is 0.296. The zero-order valence-corrected chi connectivity index (χ0v) is 19.0. The molecule has 0 spiro atoms. The van der Waals surface area contributed by atoms with Crippen molar-refractivity contribution in [2.75, 3.05) is 25.1 Å². The third kappa shape index (κ3) is 6.77. The largest absolute Gasteiger partial charge is 0.490 e. The van der Waals surface area contributed by atoms with Gasteiger partial charge < -0.3 is 19.5 Å². The molecule has 0 atom stereocenters. The summed E-state index contributed by atoms with van der Waals surface area (Å²) in [6, 6.07) is 24.8. The van der Waals surface area contributed by atoms with E-state index in [2.05, 4.69) is 38.2 Å². The van der Waals surface area contributed by atoms with Crippen molar-refractivity contribution in [3.05, 3.63) is 84.4 Å². The number of benzene rings is 3. The van der Waals surface area contributed by atoms with Crippen LogP contribution in [0.25, 0.3) is 0 Å². The summed E-state index contributed by atoms with van der Waals surface area (Å²) in [4.78, 5) is 12.4. The van der Waals surface area contributed by atoms with Crippen LogP contribution in [0, 0.1) is 0 Å². The maximum absolute atomic E-state index is 12.4. The predicted molar refractivity (Wildman–Crippen MR) is 128 cm³/mol. The van der Waals surface area contributed by atoms with Crippen LogP contribution >= 0.6 is 0 Å². The molecule has 3 rings (SSSR count). The van der Waals surface area contributed by atoms with Crippen LogP contribution in [0.5, 0.6) is 17.2 Å². The van der Waals surface area contributed by atoms with Crippen molar-refractivity contribution in [3.8, 4) is 17.2 Å². The van der Waals surface area contributed by atoms with E-state index >= 15 is 0 Å². The number of carbonyl (C=O) groups excluding carboxylic acids is 1. The van der Waals surface area contributed by atoms with Crippen molar-refractivity contribution in [1.82, 2.24) is 0 Å². The number of amides is 1. The van der Waals surface area contributed by atoms with E-state index in [4.69, 9.17) is 14.2 Å². The van der Waals surface area contributed by atoms with Gasteiger partial charge in [0.2, 0.25) is 0 Å². The van der Waals surface area contributed by atoms with Crippen molar-refractivity contribution in [2.24, 2.45) is 0 Å². The fourth-order valence-corrected chi connectivity index (χ4v) is 3.07. The molecule has 0 unspecified atom stereocenters. The van der Waals surface area contributed by atoms with Gasteiger partial charge in [-0.25, -0.2) is 0 Å². The zero-order chi connectivity index (χ0) is 22.8. The van der Waals surface area contributed by atoms with E-state index in [0.29, 0.717) is 30.4 Å². The van der Waals surface area contributed by atoms with Crippen molar-refractivity contribution in [1.29, 1.82) is 0 Å². The molecule has 0 fully saturated rings. The third-order valence-electron chi connectivity index (χ3n) is 5.40. The Morgan fingerprint density at radius 2 is 1.41 bits per heavy atom. The fourth-order valence-electron chi connectivity index (χ4n) is 3.07. The Balaban J connectivity index is 1.47. The highest BCUT2D eigenvalue weighted by Crippen LogP contribution is 2.28. The second kappa shape index (κ2) is 11.2. The molecular formula is C27H31NO4. The van der Waals surface area contributed by atoms with E-state index in [1.54, 1.807) is 6.07 Å². The molecule has 32 heavy (non-hydrogen) atoms. The summed E-state index contributed by atoms with van der Waals surface area (Å²) in [5, 5.41) is 2.85. The van der Waals surface area contributed by atoms with Gasteiger partial charge in [-0.05, 0) is 53.8 Å². The summed E-state index contributed by atoms with van der Waals surface area (Å²) in [5.74, 6) is 1.79. The molecule has 0 aliphatic carbocycles. The molecule has 0 radical (unpaired) electrons. The highest BCUT2D eigenvalue weighted by molar-refractivity contribution is 5.93. The van der Waals surface area contributed by atoms with Gasteiger partial charge in [0.15, 0.2) is 6.61 Å². The number of nitrogens with one attached hydrogen (secondary N) is 1. The average Bonchev–Trinajstić information content (AvgIpc) is 2.82. The summed E-state index contributed by atoms with van der Waals surface area (Å²) in [6.45, 7) is 7.28. The van der Waals surface area contributed by atoms with Crippen LogP contribution in [-0.4, -0.2) is 25.7 Å². The Morgan fingerprint density at radius 1 is 0.781 bits per heavy atom. The molecule has 0 saturated heterocycles. The number of hydrogen-bond donors (Lipinski definition) is 1. The number of hydrogen-bond acceptors (Lipinski definition) is 4. The first-order valence-corrected chi connectivity index (χ1v) is 10.9. The van der Waals surface area contributed by atoms with E-state index in [1.165, 1.54) is 5.56 Å². The second-order valence-electron chi connectivity index (χ2n) is 8.10. The van der Waals surface area contributed by atoms with Gasteiger partial charge in [-0.1, -0.05) is 63.2 Å². The quantitative estimate of drug-likeness (QED) is 0.386. The SMILES string of the molecule is CCC(C)(C)c1ccc(OCC(=O)Nc2ccccc2OCCOc2ccccc2)cc1. The second-order valence-corrected chi connectivity index (χ2v) is 8.10. The molecule has 1 N–H and O–H groups in total. The van der Waals surface area contributed by atoms with E-state index in [9.17, 15) is 4.79 Å². The maximum Gasteiger partial charge on any atom is 0.262 e. The zero-order valence-electron chi connectivity index (χ0n) is 19.0. The molecule has 5 nitrogen and oxygen atoms in total. The lowest BCUT2D eigenvalue weighted by atomic mass is 9.82. The van der Waals surface area contributed by atoms with Gasteiger partial charge in [0.25, 0.3) is 5.91 Å². The molecule has 5 heteroatoms. The number of ether oxygens (including phenoxy) is 3. The topological polar surface area (TPSA) is 56.8 Å². The average molecular weight is 434 g/mol. The molecular weight excluding hydrogens is 402 g/mol. The number of carbonyl (C=O) groups is 1. The minimum absolute atomic E-state index is 0.0814. The van der Waals surface area contributed by atoms with Crippen LogP contribution in [0.3, 0.4) is 0 Å². The van der Waals surface area contributed by atoms with E-state index in [1.807, 2.05) is 60.7 Å². The number of para-hydroxylation sites is 3. The molecule has 0 heterocycles. The molecule has 1 amide bonds. The van der Waals surface area contributed by atoms with Gasteiger partial charge in [-0.2, -0.15) is 0 Å². The third-order valence-corrected chi connectivity index (χ3v) is 5.40. The van der Waals surface area contributed by atoms with Gasteiger partial charge in [-0.15, -0.1) is 0 Å². The van der Waals surface area contributed by atoms with Crippen LogP contribution in [0.15, 0.2) is 78.9 Å². The molecule has 3 aromatic carbocycles. The first kappa shape index (κ1) is 23.2. The monoisotopic (exact) mass is 433 g/mol. The predicted octanol–water partition coefficient (Wildman–Crippen LogP) is 5.85.